The lowest BCUT2D eigenvalue weighted by Crippen LogP contribution is -2.08. The van der Waals surface area contributed by atoms with Crippen molar-refractivity contribution < 1.29 is 13.2 Å². The van der Waals surface area contributed by atoms with Crippen LogP contribution in [0.15, 0.2) is 53.4 Å². The fourth-order valence-corrected chi connectivity index (χ4v) is 3.38. The van der Waals surface area contributed by atoms with Gasteiger partial charge >= 0.3 is 0 Å². The molecule has 6 heteroatoms. The molecule has 21 heavy (non-hydrogen) atoms. The van der Waals surface area contributed by atoms with E-state index in [1.165, 1.54) is 0 Å². The summed E-state index contributed by atoms with van der Waals surface area (Å²) in [5.41, 5.74) is 6.83. The SMILES string of the molecule is Nc1c(CS(=O)(=O)c2ccccc2)cccc1OCCCl. The lowest BCUT2D eigenvalue weighted by atomic mass is 10.2. The Morgan fingerprint density at radius 2 is 1.76 bits per heavy atom. The first-order valence-corrected chi connectivity index (χ1v) is 8.57. The predicted molar refractivity (Wildman–Crippen MR) is 84.4 cm³/mol. The van der Waals surface area contributed by atoms with E-state index in [0.717, 1.165) is 0 Å². The van der Waals surface area contributed by atoms with E-state index in [4.69, 9.17) is 22.1 Å². The van der Waals surface area contributed by atoms with Crippen molar-refractivity contribution in [3.63, 3.8) is 0 Å². The molecule has 2 aromatic carbocycles. The first-order chi connectivity index (χ1) is 10.0. The number of hydrogen-bond acceptors (Lipinski definition) is 4. The zero-order valence-electron chi connectivity index (χ0n) is 11.3. The van der Waals surface area contributed by atoms with Gasteiger partial charge in [-0.2, -0.15) is 0 Å². The molecule has 2 rings (SSSR count). The van der Waals surface area contributed by atoms with E-state index in [1.54, 1.807) is 48.5 Å². The Bertz CT molecular complexity index is 702. The van der Waals surface area contributed by atoms with Gasteiger partial charge in [-0.3, -0.25) is 0 Å². The standard InChI is InChI=1S/C15H16ClNO3S/c16-9-10-20-14-8-4-5-12(15(14)17)11-21(18,19)13-6-2-1-3-7-13/h1-8H,9-11,17H2. The van der Waals surface area contributed by atoms with Gasteiger partial charge in [-0.15, -0.1) is 11.6 Å². The van der Waals surface area contributed by atoms with Gasteiger partial charge in [-0.1, -0.05) is 30.3 Å². The molecule has 0 heterocycles. The molecular weight excluding hydrogens is 310 g/mol. The first-order valence-electron chi connectivity index (χ1n) is 6.38. The molecule has 0 atom stereocenters. The van der Waals surface area contributed by atoms with E-state index in [0.29, 0.717) is 29.5 Å². The molecule has 0 radical (unpaired) electrons. The number of hydrogen-bond donors (Lipinski definition) is 1. The number of rotatable bonds is 6. The second-order valence-corrected chi connectivity index (χ2v) is 6.81. The summed E-state index contributed by atoms with van der Waals surface area (Å²) in [4.78, 5) is 0.275. The molecule has 0 unspecified atom stereocenters. The molecule has 0 aromatic heterocycles. The summed E-state index contributed by atoms with van der Waals surface area (Å²) < 4.78 is 30.1. The Balaban J connectivity index is 2.28. The summed E-state index contributed by atoms with van der Waals surface area (Å²) in [6, 6.07) is 13.4. The normalized spacial score (nSPS) is 11.3. The van der Waals surface area contributed by atoms with Crippen molar-refractivity contribution in [3.8, 4) is 5.75 Å². The smallest absolute Gasteiger partial charge is 0.182 e. The molecule has 2 aromatic rings. The quantitative estimate of drug-likeness (QED) is 0.655. The van der Waals surface area contributed by atoms with E-state index in [2.05, 4.69) is 0 Å². The summed E-state index contributed by atoms with van der Waals surface area (Å²) in [5.74, 6) is 0.629. The number of para-hydroxylation sites is 1. The molecular formula is C15H16ClNO3S. The van der Waals surface area contributed by atoms with Crippen molar-refractivity contribution in [3.05, 3.63) is 54.1 Å². The molecule has 0 saturated carbocycles. The number of anilines is 1. The third-order valence-electron chi connectivity index (χ3n) is 2.94. The van der Waals surface area contributed by atoms with E-state index >= 15 is 0 Å². The van der Waals surface area contributed by atoms with E-state index in [-0.39, 0.29) is 10.6 Å². The zero-order valence-corrected chi connectivity index (χ0v) is 12.9. The molecule has 0 saturated heterocycles. The average molecular weight is 326 g/mol. The van der Waals surface area contributed by atoms with Gasteiger partial charge in [-0.25, -0.2) is 8.42 Å². The fourth-order valence-electron chi connectivity index (χ4n) is 1.91. The lowest BCUT2D eigenvalue weighted by molar-refractivity contribution is 0.344. The monoisotopic (exact) mass is 325 g/mol. The van der Waals surface area contributed by atoms with Crippen LogP contribution in [0.1, 0.15) is 5.56 Å². The minimum Gasteiger partial charge on any atom is -0.490 e. The van der Waals surface area contributed by atoms with Gasteiger partial charge in [0.15, 0.2) is 9.84 Å². The Morgan fingerprint density at radius 1 is 1.05 bits per heavy atom. The number of nitrogen functional groups attached to an aromatic ring is 1. The highest BCUT2D eigenvalue weighted by atomic mass is 35.5. The maximum absolute atomic E-state index is 12.4. The van der Waals surface area contributed by atoms with Gasteiger partial charge in [0.1, 0.15) is 12.4 Å². The van der Waals surface area contributed by atoms with Crippen LogP contribution < -0.4 is 10.5 Å². The largest absolute Gasteiger partial charge is 0.490 e. The van der Waals surface area contributed by atoms with Crippen molar-refractivity contribution >= 4 is 27.1 Å². The zero-order chi connectivity index (χ0) is 15.3. The van der Waals surface area contributed by atoms with Gasteiger partial charge in [0, 0.05) is 0 Å². The van der Waals surface area contributed by atoms with Crippen LogP contribution >= 0.6 is 11.6 Å². The van der Waals surface area contributed by atoms with Gasteiger partial charge in [0.05, 0.1) is 22.2 Å². The van der Waals surface area contributed by atoms with Crippen molar-refractivity contribution in [1.29, 1.82) is 0 Å². The van der Waals surface area contributed by atoms with Crippen LogP contribution in [0.4, 0.5) is 5.69 Å². The first kappa shape index (κ1) is 15.7. The molecule has 0 aliphatic heterocycles. The Kier molecular flexibility index (Phi) is 5.09. The Hall–Kier alpha value is -1.72. The summed E-state index contributed by atoms with van der Waals surface area (Å²) in [6.45, 7) is 0.320. The third kappa shape index (κ3) is 3.89. The molecule has 0 aliphatic rings. The maximum Gasteiger partial charge on any atom is 0.182 e. The van der Waals surface area contributed by atoms with E-state index in [9.17, 15) is 8.42 Å². The highest BCUT2D eigenvalue weighted by molar-refractivity contribution is 7.90. The molecule has 0 bridgehead atoms. The maximum atomic E-state index is 12.4. The van der Waals surface area contributed by atoms with E-state index < -0.39 is 9.84 Å². The highest BCUT2D eigenvalue weighted by Gasteiger charge is 2.17. The lowest BCUT2D eigenvalue weighted by Gasteiger charge is -2.12. The van der Waals surface area contributed by atoms with Gasteiger partial charge < -0.3 is 10.5 Å². The molecule has 0 amide bonds. The van der Waals surface area contributed by atoms with Gasteiger partial charge in [0.25, 0.3) is 0 Å². The van der Waals surface area contributed by atoms with Crippen LogP contribution in [0.2, 0.25) is 0 Å². The van der Waals surface area contributed by atoms with E-state index in [1.807, 2.05) is 0 Å². The van der Waals surface area contributed by atoms with Crippen molar-refractivity contribution in [1.82, 2.24) is 0 Å². The molecule has 0 spiro atoms. The van der Waals surface area contributed by atoms with Crippen molar-refractivity contribution in [2.75, 3.05) is 18.2 Å². The van der Waals surface area contributed by atoms with Crippen LogP contribution in [-0.2, 0) is 15.6 Å². The molecule has 4 nitrogen and oxygen atoms in total. The van der Waals surface area contributed by atoms with Gasteiger partial charge in [-0.05, 0) is 23.8 Å². The summed E-state index contributed by atoms with van der Waals surface area (Å²) in [7, 11) is -3.43. The second-order valence-electron chi connectivity index (χ2n) is 4.44. The minimum absolute atomic E-state index is 0.166. The van der Waals surface area contributed by atoms with Crippen LogP contribution in [0, 0.1) is 0 Å². The summed E-state index contributed by atoms with van der Waals surface area (Å²) >= 11 is 5.57. The van der Waals surface area contributed by atoms with Gasteiger partial charge in [0.2, 0.25) is 0 Å². The summed E-state index contributed by atoms with van der Waals surface area (Å²) in [5, 5.41) is 0. The molecule has 0 fully saturated rings. The minimum atomic E-state index is -3.43. The number of benzene rings is 2. The van der Waals surface area contributed by atoms with Crippen LogP contribution in [0.3, 0.4) is 0 Å². The van der Waals surface area contributed by atoms with Crippen LogP contribution in [0.25, 0.3) is 0 Å². The number of alkyl halides is 1. The van der Waals surface area contributed by atoms with Crippen LogP contribution in [0.5, 0.6) is 5.75 Å². The Labute approximate surface area is 129 Å². The van der Waals surface area contributed by atoms with Crippen molar-refractivity contribution in [2.24, 2.45) is 0 Å². The van der Waals surface area contributed by atoms with Crippen molar-refractivity contribution in [2.45, 2.75) is 10.6 Å². The average Bonchev–Trinajstić information content (AvgIpc) is 2.49. The Morgan fingerprint density at radius 3 is 2.43 bits per heavy atom. The van der Waals surface area contributed by atoms with Crippen LogP contribution in [-0.4, -0.2) is 20.9 Å². The number of sulfone groups is 1. The molecule has 2 N–H and O–H groups in total. The fraction of sp³-hybridized carbons (Fsp3) is 0.200. The summed E-state index contributed by atoms with van der Waals surface area (Å²) in [6.07, 6.45) is 0. The highest BCUT2D eigenvalue weighted by Crippen LogP contribution is 2.28. The topological polar surface area (TPSA) is 69.4 Å². The molecule has 0 aliphatic carbocycles. The number of ether oxygens (including phenoxy) is 1. The predicted octanol–water partition coefficient (Wildman–Crippen LogP) is 2.86. The number of nitrogens with two attached hydrogens (primary N) is 1. The third-order valence-corrected chi connectivity index (χ3v) is 4.77. The molecule has 112 valence electrons. The number of halogens is 1. The second kappa shape index (κ2) is 6.83.